The number of carboxylic acid groups (broad SMARTS) is 2. The Morgan fingerprint density at radius 3 is 1.22 bits per heavy atom. The Kier molecular flexibility index (Phi) is 16.8. The third-order valence-electron chi connectivity index (χ3n) is 11.0. The molecule has 8 rings (SSSR count). The number of halogens is 8. The first kappa shape index (κ1) is 55.4. The predicted octanol–water partition coefficient (Wildman–Crippen LogP) is 9.02. The molecule has 4 aromatic heterocycles. The van der Waals surface area contributed by atoms with Gasteiger partial charge in [-0.2, -0.15) is 46.5 Å². The Morgan fingerprint density at radius 2 is 0.921 bits per heavy atom. The van der Waals surface area contributed by atoms with Crippen molar-refractivity contribution in [2.45, 2.75) is 63.3 Å². The number of ether oxygens (including phenoxy) is 2. The Hall–Kier alpha value is -8.32. The molecule has 0 spiro atoms. The number of anilines is 2. The molecular weight excluding hydrogens is 1050 g/mol. The summed E-state index contributed by atoms with van der Waals surface area (Å²) in [5.74, 6) is -3.66. The van der Waals surface area contributed by atoms with E-state index >= 15 is 0 Å². The summed E-state index contributed by atoms with van der Waals surface area (Å²) < 4.78 is 99.2. The van der Waals surface area contributed by atoms with Crippen LogP contribution < -0.4 is 32.4 Å². The zero-order valence-electron chi connectivity index (χ0n) is 39.7. The fraction of sp³-hybridized carbons (Fsp3) is 0.200. The highest BCUT2D eigenvalue weighted by atomic mass is 35.5. The van der Waals surface area contributed by atoms with Crippen molar-refractivity contribution in [3.63, 3.8) is 0 Å². The lowest BCUT2D eigenvalue weighted by atomic mass is 10.0. The lowest BCUT2D eigenvalue weighted by molar-refractivity contribution is -0.199. The molecular formula is C50H44Cl2F6N12O6. The molecule has 0 aliphatic rings. The number of carboxylic acids is 2. The van der Waals surface area contributed by atoms with Gasteiger partial charge in [0.2, 0.25) is 35.9 Å². The number of aliphatic carboxylic acids is 2. The highest BCUT2D eigenvalue weighted by Gasteiger charge is 2.46. The van der Waals surface area contributed by atoms with Crippen LogP contribution in [0.5, 0.6) is 11.8 Å². The van der Waals surface area contributed by atoms with Crippen LogP contribution in [0.4, 0.5) is 38.2 Å². The van der Waals surface area contributed by atoms with Crippen molar-refractivity contribution in [1.29, 1.82) is 0 Å². The van der Waals surface area contributed by atoms with Crippen molar-refractivity contribution in [2.75, 3.05) is 11.5 Å². The molecule has 0 unspecified atom stereocenters. The highest BCUT2D eigenvalue weighted by molar-refractivity contribution is 6.31. The van der Waals surface area contributed by atoms with Crippen LogP contribution in [0.25, 0.3) is 33.9 Å². The minimum atomic E-state index is -4.84. The van der Waals surface area contributed by atoms with E-state index in [9.17, 15) is 35.9 Å². The maximum Gasteiger partial charge on any atom is 0.429 e. The molecule has 0 bridgehead atoms. The van der Waals surface area contributed by atoms with Gasteiger partial charge in [-0.25, -0.2) is 19.3 Å². The molecule has 18 nitrogen and oxygen atoms in total. The van der Waals surface area contributed by atoms with E-state index in [-0.39, 0.29) is 68.7 Å². The summed E-state index contributed by atoms with van der Waals surface area (Å²) in [6.07, 6.45) is -11.3. The zero-order valence-corrected chi connectivity index (χ0v) is 41.2. The lowest BCUT2D eigenvalue weighted by Gasteiger charge is -2.24. The number of nitrogens with zero attached hydrogens (tertiary/aromatic N) is 8. The molecule has 0 aliphatic heterocycles. The summed E-state index contributed by atoms with van der Waals surface area (Å²) >= 11 is 12.2. The number of nitrogen functional groups attached to an aromatic ring is 2. The van der Waals surface area contributed by atoms with Gasteiger partial charge in [0.25, 0.3) is 0 Å². The van der Waals surface area contributed by atoms with E-state index in [1.54, 1.807) is 74.5 Å². The fourth-order valence-electron chi connectivity index (χ4n) is 7.43. The second kappa shape index (κ2) is 23.1. The van der Waals surface area contributed by atoms with Gasteiger partial charge in [0.15, 0.2) is 0 Å². The van der Waals surface area contributed by atoms with E-state index in [4.69, 9.17) is 65.8 Å². The van der Waals surface area contributed by atoms with Crippen molar-refractivity contribution in [1.82, 2.24) is 39.5 Å². The zero-order chi connectivity index (χ0) is 55.2. The SMILES string of the molecule is Cc1ccn(-c2cc(Cl)ccc2[C@@H](Oc2cc(-c3ccc(C[C@H](N)C(=O)O)cc3)nc(N)n2)C(F)(F)F)n1.Cc1ccn(-c2cc(Cl)ccc2[C@@H](Oc2cc(-c3ccc(C[C@H](N)C(=O)O)cc3)nc(N)n2)C(F)(F)F)n1. The Balaban J connectivity index is 0.000000221. The summed E-state index contributed by atoms with van der Waals surface area (Å²) in [7, 11) is 0. The number of carbonyl (C=O) groups is 2. The number of alkyl halides is 6. The Bertz CT molecular complexity index is 3140. The van der Waals surface area contributed by atoms with Gasteiger partial charge in [-0.05, 0) is 74.2 Å². The van der Waals surface area contributed by atoms with Gasteiger partial charge in [0, 0.05) is 56.8 Å². The molecule has 396 valence electrons. The van der Waals surface area contributed by atoms with Crippen LogP contribution in [-0.4, -0.2) is 86.1 Å². The van der Waals surface area contributed by atoms with Crippen LogP contribution in [0.1, 0.15) is 45.8 Å². The topological polar surface area (TPSA) is 284 Å². The monoisotopic (exact) mass is 1090 g/mol. The van der Waals surface area contributed by atoms with Crippen LogP contribution in [0.2, 0.25) is 10.0 Å². The van der Waals surface area contributed by atoms with Crippen LogP contribution in [-0.2, 0) is 22.4 Å². The molecule has 0 radical (unpaired) electrons. The lowest BCUT2D eigenvalue weighted by Crippen LogP contribution is -2.32. The molecule has 0 saturated carbocycles. The molecule has 26 heteroatoms. The van der Waals surface area contributed by atoms with Gasteiger partial charge in [-0.3, -0.25) is 9.59 Å². The summed E-state index contributed by atoms with van der Waals surface area (Å²) in [4.78, 5) is 37.9. The van der Waals surface area contributed by atoms with Crippen molar-refractivity contribution >= 4 is 47.0 Å². The fourth-order valence-corrected chi connectivity index (χ4v) is 7.77. The summed E-state index contributed by atoms with van der Waals surface area (Å²) in [5.41, 5.74) is 26.4. The number of aryl methyl sites for hydroxylation is 2. The van der Waals surface area contributed by atoms with Gasteiger partial charge in [-0.1, -0.05) is 83.9 Å². The standard InChI is InChI=1S/2C25H22ClF3N6O3/c2*1-13-8-9-35(34-13)20-11-16(26)6-7-17(20)22(25(27,28)29)38-21-12-19(32-24(31)33-21)15-4-2-14(3-5-15)10-18(30)23(36)37/h2*2-9,11-12,18,22H,10,30H2,1H3,(H,36,37)(H2,31,32,33)/t2*18-,22+/m00/s1. The van der Waals surface area contributed by atoms with E-state index in [1.807, 2.05) is 0 Å². The Labute approximate surface area is 437 Å². The number of nitrogens with two attached hydrogens (primary N) is 4. The predicted molar refractivity (Wildman–Crippen MR) is 268 cm³/mol. The molecule has 0 aliphatic carbocycles. The average molecular weight is 1090 g/mol. The number of hydrogen-bond donors (Lipinski definition) is 6. The van der Waals surface area contributed by atoms with Gasteiger partial charge < -0.3 is 42.6 Å². The smallest absolute Gasteiger partial charge is 0.429 e. The van der Waals surface area contributed by atoms with E-state index in [1.165, 1.54) is 70.3 Å². The van der Waals surface area contributed by atoms with Crippen molar-refractivity contribution < 1.29 is 55.6 Å². The molecule has 0 amide bonds. The van der Waals surface area contributed by atoms with Gasteiger partial charge in [-0.15, -0.1) is 0 Å². The van der Waals surface area contributed by atoms with Gasteiger partial charge >= 0.3 is 24.3 Å². The van der Waals surface area contributed by atoms with Crippen LogP contribution in [0.15, 0.2) is 122 Å². The molecule has 4 aromatic carbocycles. The summed E-state index contributed by atoms with van der Waals surface area (Å²) in [6.45, 7) is 3.41. The Morgan fingerprint density at radius 1 is 0.566 bits per heavy atom. The maximum atomic E-state index is 14.3. The van der Waals surface area contributed by atoms with Gasteiger partial charge in [0.05, 0.1) is 34.2 Å². The molecule has 10 N–H and O–H groups in total. The normalized spacial score (nSPS) is 13.2. The van der Waals surface area contributed by atoms with E-state index in [0.717, 1.165) is 0 Å². The second-order valence-electron chi connectivity index (χ2n) is 16.9. The highest BCUT2D eigenvalue weighted by Crippen LogP contribution is 2.42. The van der Waals surface area contributed by atoms with Crippen LogP contribution in [0, 0.1) is 13.8 Å². The minimum absolute atomic E-state index is 0.0883. The molecule has 76 heavy (non-hydrogen) atoms. The van der Waals surface area contributed by atoms with Crippen LogP contribution >= 0.6 is 23.2 Å². The third-order valence-corrected chi connectivity index (χ3v) is 11.5. The average Bonchev–Trinajstić information content (AvgIpc) is 4.00. The third kappa shape index (κ3) is 14.1. The molecule has 0 fully saturated rings. The quantitative estimate of drug-likeness (QED) is 0.0492. The van der Waals surface area contributed by atoms with Crippen molar-refractivity contribution in [3.8, 4) is 45.6 Å². The number of aromatic nitrogens is 8. The first-order valence-corrected chi connectivity index (χ1v) is 23.1. The minimum Gasteiger partial charge on any atom is -0.480 e. The summed E-state index contributed by atoms with van der Waals surface area (Å²) in [5, 5.41) is 26.8. The largest absolute Gasteiger partial charge is 0.480 e. The summed E-state index contributed by atoms with van der Waals surface area (Å²) in [6, 6.07) is 24.5. The molecule has 4 atom stereocenters. The van der Waals surface area contributed by atoms with E-state index in [2.05, 4.69) is 30.1 Å². The van der Waals surface area contributed by atoms with Gasteiger partial charge in [0.1, 0.15) is 12.1 Å². The number of benzene rings is 4. The first-order chi connectivity index (χ1) is 35.8. The van der Waals surface area contributed by atoms with Crippen molar-refractivity contribution in [2.24, 2.45) is 11.5 Å². The second-order valence-corrected chi connectivity index (χ2v) is 17.8. The first-order valence-electron chi connectivity index (χ1n) is 22.4. The number of hydrogen-bond acceptors (Lipinski definition) is 14. The molecule has 8 aromatic rings. The molecule has 0 saturated heterocycles. The van der Waals surface area contributed by atoms with E-state index in [0.29, 0.717) is 33.6 Å². The number of rotatable bonds is 16. The molecule has 4 heterocycles. The van der Waals surface area contributed by atoms with E-state index < -0.39 is 60.3 Å². The maximum absolute atomic E-state index is 14.3. The van der Waals surface area contributed by atoms with Crippen LogP contribution in [0.3, 0.4) is 0 Å². The van der Waals surface area contributed by atoms with Crippen molar-refractivity contribution in [3.05, 3.63) is 165 Å².